The summed E-state index contributed by atoms with van der Waals surface area (Å²) in [6.07, 6.45) is -4.54. The van der Waals surface area contributed by atoms with Crippen molar-refractivity contribution >= 4 is 0 Å². The van der Waals surface area contributed by atoms with E-state index >= 15 is 0 Å². The molecule has 0 saturated heterocycles. The Morgan fingerprint density at radius 2 is 1.93 bits per heavy atom. The van der Waals surface area contributed by atoms with E-state index in [9.17, 15) is 17.6 Å². The maximum Gasteiger partial charge on any atom is 0.416 e. The number of rotatable bonds is 2. The number of aliphatic hydroxyl groups is 1. The molecule has 0 radical (unpaired) electrons. The van der Waals surface area contributed by atoms with E-state index in [4.69, 9.17) is 5.11 Å². The monoisotopic (exact) mass is 222 g/mol. The summed E-state index contributed by atoms with van der Waals surface area (Å²) in [5.41, 5.74) is -0.931. The van der Waals surface area contributed by atoms with Gasteiger partial charge < -0.3 is 5.11 Å². The summed E-state index contributed by atoms with van der Waals surface area (Å²) in [7, 11) is 0. The van der Waals surface area contributed by atoms with Crippen LogP contribution in [-0.2, 0) is 6.18 Å². The lowest BCUT2D eigenvalue weighted by Gasteiger charge is -2.12. The fourth-order valence-corrected chi connectivity index (χ4v) is 1.20. The Kier molecular flexibility index (Phi) is 3.34. The average Bonchev–Trinajstić information content (AvgIpc) is 2.15. The first-order valence-electron chi connectivity index (χ1n) is 4.33. The Morgan fingerprint density at radius 3 is 2.33 bits per heavy atom. The van der Waals surface area contributed by atoms with Crippen LogP contribution in [0.3, 0.4) is 0 Å². The molecule has 0 fully saturated rings. The van der Waals surface area contributed by atoms with Crippen LogP contribution < -0.4 is 0 Å². The highest BCUT2D eigenvalue weighted by molar-refractivity contribution is 5.28. The first-order chi connectivity index (χ1) is 6.86. The van der Waals surface area contributed by atoms with Crippen LogP contribution in [0.5, 0.6) is 0 Å². The number of hydrogen-bond donors (Lipinski definition) is 1. The van der Waals surface area contributed by atoms with E-state index in [-0.39, 0.29) is 12.2 Å². The molecule has 0 aromatic heterocycles. The Labute approximate surface area is 84.3 Å². The van der Waals surface area contributed by atoms with Gasteiger partial charge in [0.05, 0.1) is 5.56 Å². The van der Waals surface area contributed by atoms with Crippen molar-refractivity contribution < 1.29 is 22.7 Å². The summed E-state index contributed by atoms with van der Waals surface area (Å²) < 4.78 is 49.7. The Balaban J connectivity index is 3.09. The lowest BCUT2D eigenvalue weighted by molar-refractivity contribution is -0.137. The fraction of sp³-hybridized carbons (Fsp3) is 0.400. The van der Waals surface area contributed by atoms with Crippen molar-refractivity contribution in [3.05, 3.63) is 35.1 Å². The molecule has 1 aromatic rings. The van der Waals surface area contributed by atoms with Crippen LogP contribution in [0.15, 0.2) is 18.2 Å². The fourth-order valence-electron chi connectivity index (χ4n) is 1.20. The van der Waals surface area contributed by atoms with Crippen LogP contribution in [0.25, 0.3) is 0 Å². The van der Waals surface area contributed by atoms with Gasteiger partial charge in [-0.3, -0.25) is 0 Å². The lowest BCUT2D eigenvalue weighted by Crippen LogP contribution is -2.08. The Morgan fingerprint density at radius 1 is 1.33 bits per heavy atom. The van der Waals surface area contributed by atoms with Crippen LogP contribution in [-0.4, -0.2) is 11.7 Å². The van der Waals surface area contributed by atoms with E-state index in [0.717, 1.165) is 12.1 Å². The van der Waals surface area contributed by atoms with Gasteiger partial charge in [0.15, 0.2) is 0 Å². The van der Waals surface area contributed by atoms with Crippen molar-refractivity contribution in [1.29, 1.82) is 0 Å². The topological polar surface area (TPSA) is 20.2 Å². The molecule has 0 spiro atoms. The number of hydrogen-bond acceptors (Lipinski definition) is 1. The quantitative estimate of drug-likeness (QED) is 0.763. The van der Waals surface area contributed by atoms with Gasteiger partial charge in [0.25, 0.3) is 0 Å². The molecule has 1 atom stereocenters. The first kappa shape index (κ1) is 12.0. The second-order valence-electron chi connectivity index (χ2n) is 3.32. The zero-order valence-corrected chi connectivity index (χ0v) is 7.98. The number of alkyl halides is 3. The molecule has 84 valence electrons. The van der Waals surface area contributed by atoms with E-state index in [1.807, 2.05) is 0 Å². The van der Waals surface area contributed by atoms with E-state index in [2.05, 4.69) is 0 Å². The predicted molar refractivity (Wildman–Crippen MR) is 46.9 cm³/mol. The zero-order chi connectivity index (χ0) is 11.6. The molecular formula is C10H10F4O. The third-order valence-corrected chi connectivity index (χ3v) is 2.13. The predicted octanol–water partition coefficient (Wildman–Crippen LogP) is 2.94. The van der Waals surface area contributed by atoms with Crippen molar-refractivity contribution in [1.82, 2.24) is 0 Å². The van der Waals surface area contributed by atoms with E-state index in [0.29, 0.717) is 6.07 Å². The summed E-state index contributed by atoms with van der Waals surface area (Å²) in [6.45, 7) is 1.23. The summed E-state index contributed by atoms with van der Waals surface area (Å²) >= 11 is 0. The summed E-state index contributed by atoms with van der Waals surface area (Å²) in [4.78, 5) is 0. The highest BCUT2D eigenvalue weighted by Crippen LogP contribution is 2.31. The molecule has 1 nitrogen and oxygen atoms in total. The zero-order valence-electron chi connectivity index (χ0n) is 7.98. The molecule has 15 heavy (non-hydrogen) atoms. The molecular weight excluding hydrogens is 212 g/mol. The van der Waals surface area contributed by atoms with Crippen molar-refractivity contribution in [2.75, 3.05) is 6.61 Å². The molecule has 0 saturated carbocycles. The van der Waals surface area contributed by atoms with Crippen molar-refractivity contribution in [2.45, 2.75) is 19.0 Å². The van der Waals surface area contributed by atoms with Gasteiger partial charge in [0, 0.05) is 12.5 Å². The van der Waals surface area contributed by atoms with Gasteiger partial charge in [-0.25, -0.2) is 4.39 Å². The van der Waals surface area contributed by atoms with Crippen molar-refractivity contribution in [3.8, 4) is 0 Å². The van der Waals surface area contributed by atoms with Gasteiger partial charge in [-0.1, -0.05) is 13.0 Å². The molecule has 0 bridgehead atoms. The molecule has 1 unspecified atom stereocenters. The molecule has 5 heteroatoms. The summed E-state index contributed by atoms with van der Waals surface area (Å²) in [5.74, 6) is -1.45. The SMILES string of the molecule is CC(CO)c1ccc(C(F)(F)F)cc1F. The smallest absolute Gasteiger partial charge is 0.396 e. The second kappa shape index (κ2) is 4.18. The van der Waals surface area contributed by atoms with Crippen LogP contribution in [0, 0.1) is 5.82 Å². The number of benzene rings is 1. The van der Waals surface area contributed by atoms with Crippen molar-refractivity contribution in [2.24, 2.45) is 0 Å². The standard InChI is InChI=1S/C10H10F4O/c1-6(5-15)8-3-2-7(4-9(8)11)10(12,13)14/h2-4,6,15H,5H2,1H3. The lowest BCUT2D eigenvalue weighted by atomic mass is 10.00. The van der Waals surface area contributed by atoms with Crippen LogP contribution in [0.2, 0.25) is 0 Å². The highest BCUT2D eigenvalue weighted by atomic mass is 19.4. The van der Waals surface area contributed by atoms with E-state index < -0.39 is 23.5 Å². The van der Waals surface area contributed by atoms with Gasteiger partial charge in [-0.2, -0.15) is 13.2 Å². The second-order valence-corrected chi connectivity index (χ2v) is 3.32. The Bertz CT molecular complexity index is 346. The van der Waals surface area contributed by atoms with Gasteiger partial charge in [-0.05, 0) is 17.7 Å². The molecule has 0 aliphatic heterocycles. The maximum absolute atomic E-state index is 13.2. The minimum absolute atomic E-state index is 0.0884. The third kappa shape index (κ3) is 2.68. The van der Waals surface area contributed by atoms with Crippen LogP contribution in [0.4, 0.5) is 17.6 Å². The van der Waals surface area contributed by atoms with Crippen LogP contribution in [0.1, 0.15) is 24.0 Å². The van der Waals surface area contributed by atoms with Gasteiger partial charge in [-0.15, -0.1) is 0 Å². The molecule has 1 rings (SSSR count). The molecule has 0 aliphatic rings. The molecule has 0 amide bonds. The van der Waals surface area contributed by atoms with Crippen LogP contribution >= 0.6 is 0 Å². The minimum atomic E-state index is -4.54. The van der Waals surface area contributed by atoms with Crippen molar-refractivity contribution in [3.63, 3.8) is 0 Å². The first-order valence-corrected chi connectivity index (χ1v) is 4.33. The van der Waals surface area contributed by atoms with Gasteiger partial charge in [0.1, 0.15) is 5.82 Å². The number of halogens is 4. The average molecular weight is 222 g/mol. The molecule has 1 aromatic carbocycles. The van der Waals surface area contributed by atoms with E-state index in [1.165, 1.54) is 6.92 Å². The summed E-state index contributed by atoms with van der Waals surface area (Å²) in [5, 5.41) is 8.75. The highest BCUT2D eigenvalue weighted by Gasteiger charge is 2.31. The normalized spacial score (nSPS) is 14.0. The Hall–Kier alpha value is -1.10. The molecule has 0 heterocycles. The summed E-state index contributed by atoms with van der Waals surface area (Å²) in [6, 6.07) is 2.31. The number of aliphatic hydroxyl groups excluding tert-OH is 1. The third-order valence-electron chi connectivity index (χ3n) is 2.13. The molecule has 0 aliphatic carbocycles. The minimum Gasteiger partial charge on any atom is -0.396 e. The van der Waals surface area contributed by atoms with E-state index in [1.54, 1.807) is 0 Å². The maximum atomic E-state index is 13.2. The van der Waals surface area contributed by atoms with Gasteiger partial charge >= 0.3 is 6.18 Å². The largest absolute Gasteiger partial charge is 0.416 e. The molecule has 1 N–H and O–H groups in total. The van der Waals surface area contributed by atoms with Gasteiger partial charge in [0.2, 0.25) is 0 Å².